The normalized spacial score (nSPS) is 11.0. The molecule has 0 atom stereocenters. The smallest absolute Gasteiger partial charge is 0.261 e. The molecule has 0 radical (unpaired) electrons. The largest absolute Gasteiger partial charge is 0.345 e. The van der Waals surface area contributed by atoms with Crippen LogP contribution < -0.4 is 4.72 Å². The van der Waals surface area contributed by atoms with Crippen molar-refractivity contribution in [1.82, 2.24) is 4.90 Å². The summed E-state index contributed by atoms with van der Waals surface area (Å²) in [7, 11) is -0.343. The number of halogens is 1. The average Bonchev–Trinajstić information content (AvgIpc) is 2.47. The fraction of sp³-hybridized carbons (Fsp3) is 0.133. The summed E-state index contributed by atoms with van der Waals surface area (Å²) < 4.78 is 27.7. The van der Waals surface area contributed by atoms with E-state index in [0.717, 1.165) is 0 Å². The second kappa shape index (κ2) is 6.50. The van der Waals surface area contributed by atoms with E-state index in [2.05, 4.69) is 20.7 Å². The summed E-state index contributed by atoms with van der Waals surface area (Å²) in [5.41, 5.74) is 0.894. The van der Waals surface area contributed by atoms with Crippen LogP contribution in [0.1, 0.15) is 10.4 Å². The van der Waals surface area contributed by atoms with Gasteiger partial charge in [0.15, 0.2) is 0 Å². The van der Waals surface area contributed by atoms with E-state index in [0.29, 0.717) is 15.7 Å². The van der Waals surface area contributed by atoms with Crippen molar-refractivity contribution in [2.45, 2.75) is 4.90 Å². The van der Waals surface area contributed by atoms with Crippen molar-refractivity contribution in [3.63, 3.8) is 0 Å². The maximum Gasteiger partial charge on any atom is 0.261 e. The molecular weight excluding hydrogens is 368 g/mol. The molecule has 2 aromatic carbocycles. The second-order valence-corrected chi connectivity index (χ2v) is 7.44. The first kappa shape index (κ1) is 16.5. The summed E-state index contributed by atoms with van der Waals surface area (Å²) >= 11 is 3.24. The predicted octanol–water partition coefficient (Wildman–Crippen LogP) is 2.95. The Bertz CT molecular complexity index is 787. The standard InChI is InChI=1S/C15H15BrN2O3S/c1-18(2)15(19)11-6-8-13(9-7-11)17-22(20,21)14-5-3-4-12(16)10-14/h3-10,17H,1-2H3. The molecule has 1 N–H and O–H groups in total. The molecule has 5 nitrogen and oxygen atoms in total. The van der Waals surface area contributed by atoms with E-state index in [4.69, 9.17) is 0 Å². The first-order valence-electron chi connectivity index (χ1n) is 6.40. The van der Waals surface area contributed by atoms with E-state index in [1.54, 1.807) is 50.5 Å². The number of nitrogens with zero attached hydrogens (tertiary/aromatic N) is 1. The summed E-state index contributed by atoms with van der Waals surface area (Å²) in [5, 5.41) is 0. The lowest BCUT2D eigenvalue weighted by Crippen LogP contribution is -2.21. The molecule has 116 valence electrons. The Balaban J connectivity index is 2.22. The van der Waals surface area contributed by atoms with E-state index in [1.165, 1.54) is 17.0 Å². The second-order valence-electron chi connectivity index (χ2n) is 4.84. The average molecular weight is 383 g/mol. The molecule has 0 aliphatic heterocycles. The monoisotopic (exact) mass is 382 g/mol. The van der Waals surface area contributed by atoms with Gasteiger partial charge in [-0.15, -0.1) is 0 Å². The first-order valence-corrected chi connectivity index (χ1v) is 8.67. The Labute approximate surface area is 138 Å². The van der Waals surface area contributed by atoms with Crippen LogP contribution in [0.4, 0.5) is 5.69 Å². The summed E-state index contributed by atoms with van der Waals surface area (Å²) in [4.78, 5) is 13.4. The van der Waals surface area contributed by atoms with Gasteiger partial charge >= 0.3 is 0 Å². The van der Waals surface area contributed by atoms with Gasteiger partial charge in [0.05, 0.1) is 4.90 Å². The van der Waals surface area contributed by atoms with E-state index in [-0.39, 0.29) is 10.8 Å². The van der Waals surface area contributed by atoms with Crippen LogP contribution in [0.3, 0.4) is 0 Å². The van der Waals surface area contributed by atoms with Crippen molar-refractivity contribution in [3.05, 3.63) is 58.6 Å². The highest BCUT2D eigenvalue weighted by Gasteiger charge is 2.15. The molecule has 0 bridgehead atoms. The molecule has 0 aromatic heterocycles. The molecule has 0 saturated heterocycles. The summed E-state index contributed by atoms with van der Waals surface area (Å²) in [6, 6.07) is 12.7. The fourth-order valence-corrected chi connectivity index (χ4v) is 3.44. The summed E-state index contributed by atoms with van der Waals surface area (Å²) in [6.45, 7) is 0. The van der Waals surface area contributed by atoms with Gasteiger partial charge in [0, 0.05) is 29.8 Å². The Morgan fingerprint density at radius 2 is 1.73 bits per heavy atom. The molecule has 0 spiro atoms. The van der Waals surface area contributed by atoms with E-state index in [1.807, 2.05) is 0 Å². The minimum absolute atomic E-state index is 0.138. The van der Waals surface area contributed by atoms with Crippen molar-refractivity contribution in [3.8, 4) is 0 Å². The van der Waals surface area contributed by atoms with Crippen LogP contribution in [0.2, 0.25) is 0 Å². The lowest BCUT2D eigenvalue weighted by Gasteiger charge is -2.11. The molecule has 0 aliphatic rings. The van der Waals surface area contributed by atoms with Crippen LogP contribution in [0.25, 0.3) is 0 Å². The van der Waals surface area contributed by atoms with Crippen LogP contribution in [-0.2, 0) is 10.0 Å². The van der Waals surface area contributed by atoms with Gasteiger partial charge < -0.3 is 4.90 Å². The fourth-order valence-electron chi connectivity index (χ4n) is 1.79. The third kappa shape index (κ3) is 3.86. The number of nitrogens with one attached hydrogen (secondary N) is 1. The zero-order valence-corrected chi connectivity index (χ0v) is 14.5. The number of sulfonamides is 1. The number of amides is 1. The molecule has 0 fully saturated rings. The number of carbonyl (C=O) groups excluding carboxylic acids is 1. The van der Waals surface area contributed by atoms with Gasteiger partial charge in [-0.3, -0.25) is 9.52 Å². The number of hydrogen-bond donors (Lipinski definition) is 1. The topological polar surface area (TPSA) is 66.5 Å². The first-order chi connectivity index (χ1) is 10.3. The molecule has 0 aliphatic carbocycles. The van der Waals surface area contributed by atoms with Gasteiger partial charge in [-0.1, -0.05) is 22.0 Å². The molecule has 0 heterocycles. The lowest BCUT2D eigenvalue weighted by molar-refractivity contribution is 0.0827. The predicted molar refractivity (Wildman–Crippen MR) is 89.4 cm³/mol. The van der Waals surface area contributed by atoms with Crippen LogP contribution in [-0.4, -0.2) is 33.3 Å². The SMILES string of the molecule is CN(C)C(=O)c1ccc(NS(=O)(=O)c2cccc(Br)c2)cc1. The van der Waals surface area contributed by atoms with Gasteiger partial charge in [0.2, 0.25) is 0 Å². The number of benzene rings is 2. The molecule has 0 unspecified atom stereocenters. The quantitative estimate of drug-likeness (QED) is 0.883. The van der Waals surface area contributed by atoms with Gasteiger partial charge in [0.25, 0.3) is 15.9 Å². The van der Waals surface area contributed by atoms with Crippen LogP contribution in [0.15, 0.2) is 57.9 Å². The Hall–Kier alpha value is -1.86. The summed E-state index contributed by atoms with van der Waals surface area (Å²) in [5.74, 6) is -0.138. The number of rotatable bonds is 4. The summed E-state index contributed by atoms with van der Waals surface area (Å²) in [6.07, 6.45) is 0. The van der Waals surface area contributed by atoms with Gasteiger partial charge in [-0.25, -0.2) is 8.42 Å². The van der Waals surface area contributed by atoms with E-state index in [9.17, 15) is 13.2 Å². The molecule has 7 heteroatoms. The molecule has 2 aromatic rings. The molecule has 1 amide bonds. The van der Waals surface area contributed by atoms with Crippen molar-refractivity contribution in [2.24, 2.45) is 0 Å². The van der Waals surface area contributed by atoms with Gasteiger partial charge in [-0.05, 0) is 42.5 Å². The van der Waals surface area contributed by atoms with E-state index < -0.39 is 10.0 Å². The minimum atomic E-state index is -3.66. The van der Waals surface area contributed by atoms with Gasteiger partial charge in [0.1, 0.15) is 0 Å². The van der Waals surface area contributed by atoms with Crippen molar-refractivity contribution in [1.29, 1.82) is 0 Å². The minimum Gasteiger partial charge on any atom is -0.345 e. The maximum absolute atomic E-state index is 12.3. The highest BCUT2D eigenvalue weighted by Crippen LogP contribution is 2.20. The van der Waals surface area contributed by atoms with Crippen molar-refractivity contribution in [2.75, 3.05) is 18.8 Å². The lowest BCUT2D eigenvalue weighted by atomic mass is 10.2. The maximum atomic E-state index is 12.3. The number of hydrogen-bond acceptors (Lipinski definition) is 3. The van der Waals surface area contributed by atoms with Crippen LogP contribution in [0.5, 0.6) is 0 Å². The van der Waals surface area contributed by atoms with Crippen LogP contribution in [0, 0.1) is 0 Å². The highest BCUT2D eigenvalue weighted by atomic mass is 79.9. The number of anilines is 1. The Morgan fingerprint density at radius 1 is 1.09 bits per heavy atom. The zero-order valence-electron chi connectivity index (χ0n) is 12.1. The highest BCUT2D eigenvalue weighted by molar-refractivity contribution is 9.10. The van der Waals surface area contributed by atoms with Crippen LogP contribution >= 0.6 is 15.9 Å². The van der Waals surface area contributed by atoms with Gasteiger partial charge in [-0.2, -0.15) is 0 Å². The van der Waals surface area contributed by atoms with Crippen molar-refractivity contribution >= 4 is 37.5 Å². The van der Waals surface area contributed by atoms with Crippen molar-refractivity contribution < 1.29 is 13.2 Å². The molecule has 2 rings (SSSR count). The zero-order chi connectivity index (χ0) is 16.3. The third-order valence-corrected chi connectivity index (χ3v) is 4.77. The molecule has 0 saturated carbocycles. The molecule has 22 heavy (non-hydrogen) atoms. The number of carbonyl (C=O) groups is 1. The Kier molecular flexibility index (Phi) is 4.87. The third-order valence-electron chi connectivity index (χ3n) is 2.90. The molecular formula is C15H15BrN2O3S. The Morgan fingerprint density at radius 3 is 2.27 bits per heavy atom. The van der Waals surface area contributed by atoms with E-state index >= 15 is 0 Å².